The summed E-state index contributed by atoms with van der Waals surface area (Å²) in [6, 6.07) is 0.0879. The Bertz CT molecular complexity index is 106. The van der Waals surface area contributed by atoms with E-state index in [0.29, 0.717) is 13.2 Å². The van der Waals surface area contributed by atoms with Gasteiger partial charge in [0.1, 0.15) is 0 Å². The minimum Gasteiger partial charge on any atom is -0.383 e. The molecule has 0 amide bonds. The molecule has 80 valence electrons. The van der Waals surface area contributed by atoms with E-state index in [4.69, 9.17) is 15.3 Å². The molecular formula is C9H22N2O2. The standard InChI is InChI=1S/C9H22N2O2/c1-4-6-9(13-5-2)8(11-10)7-12-3/h8-9,11H,4-7,10H2,1-3H3. The summed E-state index contributed by atoms with van der Waals surface area (Å²) in [4.78, 5) is 0. The van der Waals surface area contributed by atoms with Crippen LogP contribution in [0.4, 0.5) is 0 Å². The number of nitrogens with two attached hydrogens (primary N) is 1. The van der Waals surface area contributed by atoms with Gasteiger partial charge in [0.05, 0.1) is 18.8 Å². The molecule has 0 aliphatic heterocycles. The van der Waals surface area contributed by atoms with Crippen LogP contribution in [0, 0.1) is 0 Å². The van der Waals surface area contributed by atoms with Crippen molar-refractivity contribution in [3.63, 3.8) is 0 Å². The molecule has 2 atom stereocenters. The van der Waals surface area contributed by atoms with Crippen molar-refractivity contribution in [1.82, 2.24) is 5.43 Å². The van der Waals surface area contributed by atoms with Crippen LogP contribution < -0.4 is 11.3 Å². The fourth-order valence-corrected chi connectivity index (χ4v) is 1.34. The molecule has 0 bridgehead atoms. The Hall–Kier alpha value is -0.160. The van der Waals surface area contributed by atoms with Gasteiger partial charge in [0.25, 0.3) is 0 Å². The fourth-order valence-electron chi connectivity index (χ4n) is 1.34. The summed E-state index contributed by atoms with van der Waals surface area (Å²) in [5.74, 6) is 5.41. The number of hydrogen-bond donors (Lipinski definition) is 2. The molecule has 3 N–H and O–H groups in total. The Kier molecular flexibility index (Phi) is 8.33. The van der Waals surface area contributed by atoms with Crippen LogP contribution in [0.5, 0.6) is 0 Å². The van der Waals surface area contributed by atoms with Crippen molar-refractivity contribution in [3.8, 4) is 0 Å². The van der Waals surface area contributed by atoms with E-state index in [1.165, 1.54) is 0 Å². The third kappa shape index (κ3) is 5.21. The molecule has 0 saturated carbocycles. The second-order valence-corrected chi connectivity index (χ2v) is 3.01. The summed E-state index contributed by atoms with van der Waals surface area (Å²) < 4.78 is 10.6. The highest BCUT2D eigenvalue weighted by molar-refractivity contribution is 4.74. The normalized spacial score (nSPS) is 15.7. The third-order valence-electron chi connectivity index (χ3n) is 1.96. The summed E-state index contributed by atoms with van der Waals surface area (Å²) >= 11 is 0. The number of hydrazine groups is 1. The molecule has 0 saturated heterocycles. The van der Waals surface area contributed by atoms with E-state index < -0.39 is 0 Å². The van der Waals surface area contributed by atoms with Crippen molar-refractivity contribution in [1.29, 1.82) is 0 Å². The second kappa shape index (κ2) is 8.44. The van der Waals surface area contributed by atoms with Crippen LogP contribution >= 0.6 is 0 Å². The molecule has 4 heteroatoms. The lowest BCUT2D eigenvalue weighted by Crippen LogP contribution is -2.48. The molecule has 0 aromatic carbocycles. The SMILES string of the molecule is CCCC(OCC)C(COC)NN. The summed E-state index contributed by atoms with van der Waals surface area (Å²) in [5, 5.41) is 0. The Morgan fingerprint density at radius 1 is 1.38 bits per heavy atom. The highest BCUT2D eigenvalue weighted by Gasteiger charge is 2.19. The lowest BCUT2D eigenvalue weighted by Gasteiger charge is -2.25. The summed E-state index contributed by atoms with van der Waals surface area (Å²) in [6.45, 7) is 5.42. The van der Waals surface area contributed by atoms with Crippen molar-refractivity contribution >= 4 is 0 Å². The average molecular weight is 190 g/mol. The first-order valence-electron chi connectivity index (χ1n) is 4.86. The number of nitrogens with one attached hydrogen (secondary N) is 1. The molecule has 0 rings (SSSR count). The first-order valence-corrected chi connectivity index (χ1v) is 4.86. The zero-order chi connectivity index (χ0) is 10.1. The molecule has 0 heterocycles. The van der Waals surface area contributed by atoms with Gasteiger partial charge in [-0.15, -0.1) is 0 Å². The largest absolute Gasteiger partial charge is 0.383 e. The quantitative estimate of drug-likeness (QED) is 0.436. The van der Waals surface area contributed by atoms with Crippen molar-refractivity contribution in [3.05, 3.63) is 0 Å². The molecule has 0 fully saturated rings. The van der Waals surface area contributed by atoms with Crippen LogP contribution in [0.1, 0.15) is 26.7 Å². The number of ether oxygens (including phenoxy) is 2. The molecule has 0 radical (unpaired) electrons. The molecule has 0 spiro atoms. The van der Waals surface area contributed by atoms with E-state index in [9.17, 15) is 0 Å². The van der Waals surface area contributed by atoms with Crippen LogP contribution in [-0.2, 0) is 9.47 Å². The number of hydrogen-bond acceptors (Lipinski definition) is 4. The molecule has 13 heavy (non-hydrogen) atoms. The summed E-state index contributed by atoms with van der Waals surface area (Å²) in [5.41, 5.74) is 2.72. The highest BCUT2D eigenvalue weighted by Crippen LogP contribution is 2.07. The van der Waals surface area contributed by atoms with Gasteiger partial charge in [0, 0.05) is 13.7 Å². The molecule has 0 aliphatic rings. The zero-order valence-electron chi connectivity index (χ0n) is 8.88. The van der Waals surface area contributed by atoms with Gasteiger partial charge in [-0.25, -0.2) is 0 Å². The minimum absolute atomic E-state index is 0.0879. The average Bonchev–Trinajstić information content (AvgIpc) is 2.14. The summed E-state index contributed by atoms with van der Waals surface area (Å²) in [7, 11) is 1.67. The first kappa shape index (κ1) is 12.8. The first-order chi connectivity index (χ1) is 6.29. The lowest BCUT2D eigenvalue weighted by molar-refractivity contribution is 0.00449. The third-order valence-corrected chi connectivity index (χ3v) is 1.96. The minimum atomic E-state index is 0.0879. The van der Waals surface area contributed by atoms with Gasteiger partial charge >= 0.3 is 0 Å². The lowest BCUT2D eigenvalue weighted by atomic mass is 10.1. The topological polar surface area (TPSA) is 56.5 Å². The van der Waals surface area contributed by atoms with Gasteiger partial charge in [0.2, 0.25) is 0 Å². The Morgan fingerprint density at radius 3 is 2.46 bits per heavy atom. The molecular weight excluding hydrogens is 168 g/mol. The second-order valence-electron chi connectivity index (χ2n) is 3.01. The maximum Gasteiger partial charge on any atom is 0.0763 e. The fraction of sp³-hybridized carbons (Fsp3) is 1.00. The molecule has 2 unspecified atom stereocenters. The zero-order valence-corrected chi connectivity index (χ0v) is 8.88. The smallest absolute Gasteiger partial charge is 0.0763 e. The molecule has 0 aliphatic carbocycles. The predicted octanol–water partition coefficient (Wildman–Crippen LogP) is 0.670. The molecule has 0 aromatic rings. The van der Waals surface area contributed by atoms with Gasteiger partial charge in [-0.1, -0.05) is 13.3 Å². The van der Waals surface area contributed by atoms with Gasteiger partial charge in [-0.3, -0.25) is 11.3 Å². The van der Waals surface area contributed by atoms with E-state index in [1.54, 1.807) is 7.11 Å². The Labute approximate surface area is 80.7 Å². The van der Waals surface area contributed by atoms with Crippen LogP contribution in [0.25, 0.3) is 0 Å². The molecule has 4 nitrogen and oxygen atoms in total. The van der Waals surface area contributed by atoms with Crippen molar-refractivity contribution in [2.24, 2.45) is 5.84 Å². The van der Waals surface area contributed by atoms with E-state index in [1.807, 2.05) is 6.92 Å². The van der Waals surface area contributed by atoms with Gasteiger partial charge < -0.3 is 9.47 Å². The van der Waals surface area contributed by atoms with Gasteiger partial charge in [0.15, 0.2) is 0 Å². The maximum absolute atomic E-state index is 5.57. The van der Waals surface area contributed by atoms with E-state index >= 15 is 0 Å². The predicted molar refractivity (Wildman–Crippen MR) is 53.3 cm³/mol. The Balaban J connectivity index is 3.94. The van der Waals surface area contributed by atoms with E-state index in [-0.39, 0.29) is 12.1 Å². The van der Waals surface area contributed by atoms with Crippen LogP contribution in [0.15, 0.2) is 0 Å². The maximum atomic E-state index is 5.57. The highest BCUT2D eigenvalue weighted by atomic mass is 16.5. The van der Waals surface area contributed by atoms with Crippen molar-refractivity contribution < 1.29 is 9.47 Å². The van der Waals surface area contributed by atoms with Gasteiger partial charge in [-0.2, -0.15) is 0 Å². The van der Waals surface area contributed by atoms with Crippen LogP contribution in [0.2, 0.25) is 0 Å². The van der Waals surface area contributed by atoms with E-state index in [0.717, 1.165) is 12.8 Å². The van der Waals surface area contributed by atoms with Crippen molar-refractivity contribution in [2.45, 2.75) is 38.8 Å². The number of methoxy groups -OCH3 is 1. The monoisotopic (exact) mass is 190 g/mol. The molecule has 0 aromatic heterocycles. The number of rotatable bonds is 8. The Morgan fingerprint density at radius 2 is 2.08 bits per heavy atom. The van der Waals surface area contributed by atoms with Gasteiger partial charge in [-0.05, 0) is 13.3 Å². The van der Waals surface area contributed by atoms with Crippen LogP contribution in [0.3, 0.4) is 0 Å². The van der Waals surface area contributed by atoms with E-state index in [2.05, 4.69) is 12.3 Å². The summed E-state index contributed by atoms with van der Waals surface area (Å²) in [6.07, 6.45) is 2.25. The van der Waals surface area contributed by atoms with Crippen molar-refractivity contribution in [2.75, 3.05) is 20.3 Å². The van der Waals surface area contributed by atoms with Crippen LogP contribution in [-0.4, -0.2) is 32.5 Å².